The Morgan fingerprint density at radius 3 is 1.11 bits per heavy atom. The van der Waals surface area contributed by atoms with Gasteiger partial charge in [0.2, 0.25) is 0 Å². The van der Waals surface area contributed by atoms with E-state index >= 15 is 0 Å². The van der Waals surface area contributed by atoms with Crippen molar-refractivity contribution in [2.75, 3.05) is 52.4 Å². The molecule has 606 valence electrons. The number of carbonyl (C=O) groups is 4. The number of hydrogen-bond donors (Lipinski definition) is 1. The zero-order valence-corrected chi connectivity index (χ0v) is 72.1. The number of aryl methyl sites for hydroxylation is 8. The van der Waals surface area contributed by atoms with Crippen molar-refractivity contribution in [3.05, 3.63) is 213 Å². The fourth-order valence-electron chi connectivity index (χ4n) is 20.5. The maximum Gasteiger partial charge on any atom is 0.410 e. The largest absolute Gasteiger partial charge is 0.444 e. The number of ketones is 1. The van der Waals surface area contributed by atoms with Crippen molar-refractivity contribution in [2.45, 2.75) is 252 Å². The first-order chi connectivity index (χ1) is 54.4. The summed E-state index contributed by atoms with van der Waals surface area (Å²) < 4.78 is 16.1. The third-order valence-corrected chi connectivity index (χ3v) is 35.4. The Bertz CT molecular complexity index is 4520. The van der Waals surface area contributed by atoms with Crippen LogP contribution in [0.3, 0.4) is 0 Å². The van der Waals surface area contributed by atoms with Gasteiger partial charge in [-0.3, -0.25) is 19.7 Å². The first-order valence-corrected chi connectivity index (χ1v) is 47.6. The first-order valence-electron chi connectivity index (χ1n) is 43.1. The van der Waals surface area contributed by atoms with Crippen LogP contribution in [0.4, 0.5) is 14.4 Å². The molecule has 8 fully saturated rings. The number of likely N-dealkylation sites (tertiary alicyclic amines) is 3. The number of ether oxygens (including phenoxy) is 3. The molecule has 1 N–H and O–H groups in total. The molecule has 8 heterocycles. The molecule has 0 unspecified atom stereocenters. The van der Waals surface area contributed by atoms with Gasteiger partial charge in [0.25, 0.3) is 0 Å². The van der Waals surface area contributed by atoms with Gasteiger partial charge >= 0.3 is 212 Å². The first kappa shape index (κ1) is 81.5. The van der Waals surface area contributed by atoms with Gasteiger partial charge in [-0.15, -0.1) is 0 Å². The number of nitrogens with zero attached hydrogens (tertiary/aromatic N) is 7. The van der Waals surface area contributed by atoms with Crippen LogP contribution in [0.15, 0.2) is 145 Å². The molecule has 114 heavy (non-hydrogen) atoms. The number of amides is 3. The SMILES string of the molecule is BrP(Cc1ccc2c(n1)CCCC2)(c1ccccc1)(c1ccccc1)c1ccccc1.CC(C)(C)OC(=O)N1CC2(CC(=Cc3ccc4c(n3)CCCC4)C2)C1.CC(C)(C)OC(=O)N1CC2(CC(=O)C2)C1.CC(C)(C)OC(=O)N1CC2(CC(Cc3ccc4c(n3)CCCC4)C2)C1.c1cc2c(nc1CC1CC3(CNC3)C1)CCCC2. The van der Waals surface area contributed by atoms with Crippen LogP contribution in [0.5, 0.6) is 0 Å². The Labute approximate surface area is 686 Å². The summed E-state index contributed by atoms with van der Waals surface area (Å²) in [5.41, 5.74) is 17.8. The van der Waals surface area contributed by atoms with Gasteiger partial charge in [0, 0.05) is 110 Å². The molecule has 3 aromatic carbocycles. The minimum Gasteiger partial charge on any atom is -0.444 e. The van der Waals surface area contributed by atoms with Crippen LogP contribution in [-0.4, -0.2) is 128 Å². The van der Waals surface area contributed by atoms with E-state index < -0.39 is 22.1 Å². The number of hydrogen-bond acceptors (Lipinski definition) is 12. The Morgan fingerprint density at radius 1 is 0.421 bits per heavy atom. The molecule has 19 rings (SSSR count). The van der Waals surface area contributed by atoms with E-state index in [0.29, 0.717) is 48.0 Å². The van der Waals surface area contributed by atoms with E-state index in [9.17, 15) is 19.2 Å². The van der Waals surface area contributed by atoms with E-state index in [0.717, 1.165) is 94.8 Å². The molecule has 4 aromatic heterocycles. The fourth-order valence-corrected chi connectivity index (χ4v) is 28.0. The fraction of sp³-hybridized carbons (Fsp3) is 0.546. The minimum absolute atomic E-state index is 0.119. The van der Waals surface area contributed by atoms with Crippen LogP contribution in [0, 0.1) is 33.5 Å². The maximum absolute atomic E-state index is 12.1. The van der Waals surface area contributed by atoms with Crippen LogP contribution in [0.2, 0.25) is 0 Å². The molecular weight excluding hydrogens is 1500 g/mol. The summed E-state index contributed by atoms with van der Waals surface area (Å²) in [5.74, 6) is 1.95. The number of benzene rings is 3. The molecule has 0 bridgehead atoms. The third kappa shape index (κ3) is 18.8. The summed E-state index contributed by atoms with van der Waals surface area (Å²) >= 11 is 4.54. The predicted molar refractivity (Wildman–Crippen MR) is 462 cm³/mol. The van der Waals surface area contributed by atoms with Crippen molar-refractivity contribution in [2.24, 2.45) is 33.5 Å². The van der Waals surface area contributed by atoms with E-state index in [-0.39, 0.29) is 23.7 Å². The summed E-state index contributed by atoms with van der Waals surface area (Å²) in [4.78, 5) is 71.9. The number of allylic oxidation sites excluding steroid dienone is 1. The molecule has 4 saturated heterocycles. The summed E-state index contributed by atoms with van der Waals surface area (Å²) in [6.07, 6.45) is 33.4. The van der Waals surface area contributed by atoms with E-state index in [2.05, 4.69) is 166 Å². The number of nitrogens with one attached hydrogen (secondary N) is 1. The van der Waals surface area contributed by atoms with Crippen molar-refractivity contribution in [3.63, 3.8) is 0 Å². The maximum atomic E-state index is 12.1. The van der Waals surface area contributed by atoms with Crippen molar-refractivity contribution < 1.29 is 33.4 Å². The van der Waals surface area contributed by atoms with Gasteiger partial charge < -0.3 is 34.2 Å². The van der Waals surface area contributed by atoms with Crippen molar-refractivity contribution >= 4 is 66.8 Å². The van der Waals surface area contributed by atoms with E-state index in [1.807, 2.05) is 72.1 Å². The molecule has 0 radical (unpaired) electrons. The molecular formula is C97H124BrN8O7P. The topological polar surface area (TPSA) is 169 Å². The molecule has 4 saturated carbocycles. The zero-order valence-electron chi connectivity index (χ0n) is 69.6. The normalized spacial score (nSPS) is 21.1. The second-order valence-electron chi connectivity index (χ2n) is 39.4. The third-order valence-electron chi connectivity index (χ3n) is 25.9. The van der Waals surface area contributed by atoms with Crippen LogP contribution < -0.4 is 21.2 Å². The predicted octanol–water partition coefficient (Wildman–Crippen LogP) is 18.9. The van der Waals surface area contributed by atoms with Crippen LogP contribution in [0.1, 0.15) is 233 Å². The molecule has 4 aliphatic heterocycles. The average Bonchev–Trinajstić information content (AvgIpc) is 0.703. The summed E-state index contributed by atoms with van der Waals surface area (Å²) in [6.45, 7) is 24.4. The quantitative estimate of drug-likeness (QED) is 0.102. The van der Waals surface area contributed by atoms with E-state index in [1.54, 1.807) is 4.90 Å². The monoisotopic (exact) mass is 1620 g/mol. The van der Waals surface area contributed by atoms with E-state index in [1.165, 1.54) is 206 Å². The molecule has 17 heteroatoms. The van der Waals surface area contributed by atoms with Gasteiger partial charge in [0.05, 0.1) is 5.69 Å². The van der Waals surface area contributed by atoms with Crippen molar-refractivity contribution in [3.8, 4) is 0 Å². The molecule has 15 nitrogen and oxygen atoms in total. The average molecular weight is 1620 g/mol. The van der Waals surface area contributed by atoms with Gasteiger partial charge in [0.1, 0.15) is 22.6 Å². The standard InChI is InChI=1S/C28H27BrNP.C21H30N2O2.C21H28N2O2.C16H22N2.C11H17NO3/c29-31(25-13-4-1-5-14-25,26-15-6-2-7-16-26,27-17-8-3-9-18-27)22-24-21-20-23-12-10-11-19-28(23)30-24;2*1-20(2,3)25-19(24)23-13-21(14-23)11-15(12-21)10-17-9-8-16-6-4-5-7-18(16)22-17;1-2-4-15-13(3-1)5-6-14(18-15)7-12-8-16(9-12)10-17-11-16;1-10(2,3)15-9(14)12-6-11(7-12)4-8(13)5-11/h1-9,13-18,20-21H,10-12,19,22H2;8-9,15H,4-7,10-14H2,1-3H3;8-10H,4-7,11-14H2,1-3H3;5-6,12,17H,1-4,7-11H2;4-7H2,1-3H3. The number of carbonyl (C=O) groups excluding carboxylic acids is 4. The van der Waals surface area contributed by atoms with Crippen LogP contribution >= 0.6 is 20.8 Å². The Hall–Kier alpha value is -7.65. The van der Waals surface area contributed by atoms with Gasteiger partial charge in [-0.05, 0) is 249 Å². The zero-order chi connectivity index (χ0) is 79.8. The van der Waals surface area contributed by atoms with Gasteiger partial charge in [-0.25, -0.2) is 14.4 Å². The summed E-state index contributed by atoms with van der Waals surface area (Å²) in [6, 6.07) is 51.1. The molecule has 0 atom stereocenters. The minimum atomic E-state index is -2.98. The molecule has 4 spiro atoms. The molecule has 8 aliphatic carbocycles. The number of rotatable bonds is 10. The van der Waals surface area contributed by atoms with Crippen molar-refractivity contribution in [1.29, 1.82) is 0 Å². The Morgan fingerprint density at radius 2 is 0.746 bits per heavy atom. The molecule has 3 amide bonds. The van der Waals surface area contributed by atoms with Gasteiger partial charge in [0.15, 0.2) is 0 Å². The number of halogens is 1. The number of aromatic nitrogens is 4. The molecule has 12 aliphatic rings. The number of Topliss-reactive ketones (excluding diaryl/α,β-unsaturated/α-hetero) is 1. The second-order valence-corrected chi connectivity index (χ2v) is 48.3. The second kappa shape index (κ2) is 33.0. The van der Waals surface area contributed by atoms with Crippen LogP contribution in [0.25, 0.3) is 6.08 Å². The summed E-state index contributed by atoms with van der Waals surface area (Å²) in [7, 11) is 0. The Kier molecular flexibility index (Phi) is 23.6. The van der Waals surface area contributed by atoms with Crippen molar-refractivity contribution in [1.82, 2.24) is 40.0 Å². The number of pyridine rings is 4. The van der Waals surface area contributed by atoms with Crippen LogP contribution in [-0.2, 0) is 89.4 Å². The smallest absolute Gasteiger partial charge is 0.410 e. The number of fused-ring (bicyclic) bond motifs is 4. The Balaban J connectivity index is 0.000000115. The van der Waals surface area contributed by atoms with E-state index in [4.69, 9.17) is 34.1 Å². The molecule has 7 aromatic rings. The van der Waals surface area contributed by atoms with Gasteiger partial charge in [-0.1, -0.05) is 23.8 Å². The summed E-state index contributed by atoms with van der Waals surface area (Å²) in [5, 5.41) is 4.45. The van der Waals surface area contributed by atoms with Gasteiger partial charge in [-0.2, -0.15) is 0 Å².